The SMILES string of the molecule is Cc1cc(-c2nccc3cc(CC(C)C)ccc23)cc2c1-c1cccc3cccc-2c13. The van der Waals surface area contributed by atoms with Crippen molar-refractivity contribution in [2.45, 2.75) is 27.2 Å². The number of nitrogens with zero attached hydrogens (tertiary/aromatic N) is 1. The molecule has 0 radical (unpaired) electrons. The van der Waals surface area contributed by atoms with Crippen LogP contribution in [-0.4, -0.2) is 4.98 Å². The molecule has 1 aliphatic rings. The van der Waals surface area contributed by atoms with Gasteiger partial charge in [-0.2, -0.15) is 0 Å². The average molecular weight is 400 g/mol. The molecule has 0 saturated heterocycles. The third kappa shape index (κ3) is 2.80. The Bertz CT molecular complexity index is 1480. The van der Waals surface area contributed by atoms with Crippen molar-refractivity contribution in [3.8, 4) is 33.5 Å². The van der Waals surface area contributed by atoms with Crippen LogP contribution >= 0.6 is 0 Å². The molecule has 0 fully saturated rings. The van der Waals surface area contributed by atoms with Crippen LogP contribution in [0.25, 0.3) is 55.1 Å². The third-order valence-electron chi connectivity index (χ3n) is 6.55. The smallest absolute Gasteiger partial charge is 0.0780 e. The quantitative estimate of drug-likeness (QED) is 0.292. The van der Waals surface area contributed by atoms with Gasteiger partial charge in [-0.15, -0.1) is 0 Å². The second kappa shape index (κ2) is 6.78. The summed E-state index contributed by atoms with van der Waals surface area (Å²) in [5.41, 5.74) is 10.4. The van der Waals surface area contributed by atoms with E-state index in [0.29, 0.717) is 5.92 Å². The summed E-state index contributed by atoms with van der Waals surface area (Å²) in [7, 11) is 0. The van der Waals surface area contributed by atoms with E-state index in [1.165, 1.54) is 60.5 Å². The predicted octanol–water partition coefficient (Wildman–Crippen LogP) is 8.21. The van der Waals surface area contributed by atoms with E-state index in [0.717, 1.165) is 12.1 Å². The van der Waals surface area contributed by atoms with Gasteiger partial charge in [0.1, 0.15) is 0 Å². The van der Waals surface area contributed by atoms with Crippen molar-refractivity contribution in [3.63, 3.8) is 0 Å². The van der Waals surface area contributed by atoms with Crippen LogP contribution in [0, 0.1) is 12.8 Å². The molecule has 1 aromatic heterocycles. The maximum absolute atomic E-state index is 4.83. The predicted molar refractivity (Wildman–Crippen MR) is 132 cm³/mol. The van der Waals surface area contributed by atoms with Gasteiger partial charge in [0.15, 0.2) is 0 Å². The van der Waals surface area contributed by atoms with Crippen LogP contribution in [0.15, 0.2) is 79.0 Å². The Morgan fingerprint density at radius 1 is 0.774 bits per heavy atom. The Morgan fingerprint density at radius 2 is 1.58 bits per heavy atom. The zero-order valence-corrected chi connectivity index (χ0v) is 18.2. The normalized spacial score (nSPS) is 12.1. The first-order valence-electron chi connectivity index (χ1n) is 11.2. The molecule has 1 heteroatoms. The molecule has 1 aliphatic carbocycles. The Labute approximate surface area is 183 Å². The fourth-order valence-electron chi connectivity index (χ4n) is 5.32. The lowest BCUT2D eigenvalue weighted by molar-refractivity contribution is 0.648. The lowest BCUT2D eigenvalue weighted by Crippen LogP contribution is -1.95. The van der Waals surface area contributed by atoms with E-state index in [4.69, 9.17) is 4.98 Å². The molecule has 0 atom stereocenters. The van der Waals surface area contributed by atoms with E-state index in [1.54, 1.807) is 0 Å². The Balaban J connectivity index is 1.56. The van der Waals surface area contributed by atoms with Crippen LogP contribution in [0.3, 0.4) is 0 Å². The van der Waals surface area contributed by atoms with Crippen molar-refractivity contribution in [1.29, 1.82) is 0 Å². The standard InChI is InChI=1S/C30H25N/c1-18(2)14-20-10-11-24-22(16-20)12-13-31-30(24)23-15-19(3)28-26-9-5-7-21-6-4-8-25(29(21)26)27(28)17-23/h4-13,15-18H,14H2,1-3H3. The minimum absolute atomic E-state index is 0.655. The number of aryl methyl sites for hydroxylation is 1. The molecule has 0 aliphatic heterocycles. The molecule has 0 amide bonds. The van der Waals surface area contributed by atoms with Gasteiger partial charge in [0.05, 0.1) is 5.69 Å². The zero-order chi connectivity index (χ0) is 21.1. The molecule has 4 aromatic carbocycles. The highest BCUT2D eigenvalue weighted by Crippen LogP contribution is 2.49. The Hall–Kier alpha value is -3.45. The van der Waals surface area contributed by atoms with Gasteiger partial charge in [0.25, 0.3) is 0 Å². The van der Waals surface area contributed by atoms with Gasteiger partial charge in [-0.05, 0) is 87.0 Å². The van der Waals surface area contributed by atoms with Crippen LogP contribution < -0.4 is 0 Å². The van der Waals surface area contributed by atoms with Gasteiger partial charge < -0.3 is 0 Å². The van der Waals surface area contributed by atoms with Crippen molar-refractivity contribution >= 4 is 21.5 Å². The summed E-state index contributed by atoms with van der Waals surface area (Å²) in [4.78, 5) is 4.83. The molecule has 1 nitrogen and oxygen atoms in total. The molecule has 6 rings (SSSR count). The van der Waals surface area contributed by atoms with E-state index >= 15 is 0 Å². The lowest BCUT2D eigenvalue weighted by Gasteiger charge is -2.13. The van der Waals surface area contributed by atoms with Crippen molar-refractivity contribution in [2.24, 2.45) is 5.92 Å². The van der Waals surface area contributed by atoms with Crippen molar-refractivity contribution in [3.05, 3.63) is 90.1 Å². The second-order valence-electron chi connectivity index (χ2n) is 9.24. The van der Waals surface area contributed by atoms with Crippen molar-refractivity contribution in [2.75, 3.05) is 0 Å². The number of pyridine rings is 1. The molecule has 0 saturated carbocycles. The maximum atomic E-state index is 4.83. The minimum atomic E-state index is 0.655. The van der Waals surface area contributed by atoms with Crippen molar-refractivity contribution < 1.29 is 0 Å². The average Bonchev–Trinajstić information content (AvgIpc) is 3.09. The van der Waals surface area contributed by atoms with Crippen LogP contribution in [0.1, 0.15) is 25.0 Å². The van der Waals surface area contributed by atoms with Crippen LogP contribution in [-0.2, 0) is 6.42 Å². The highest BCUT2D eigenvalue weighted by molar-refractivity contribution is 6.16. The monoisotopic (exact) mass is 399 g/mol. The highest BCUT2D eigenvalue weighted by Gasteiger charge is 2.24. The topological polar surface area (TPSA) is 12.9 Å². The van der Waals surface area contributed by atoms with Gasteiger partial charge in [-0.3, -0.25) is 4.98 Å². The van der Waals surface area contributed by atoms with Gasteiger partial charge >= 0.3 is 0 Å². The van der Waals surface area contributed by atoms with Crippen LogP contribution in [0.4, 0.5) is 0 Å². The minimum Gasteiger partial charge on any atom is -0.256 e. The van der Waals surface area contributed by atoms with Gasteiger partial charge in [-0.25, -0.2) is 0 Å². The summed E-state index contributed by atoms with van der Waals surface area (Å²) in [6.07, 6.45) is 3.06. The van der Waals surface area contributed by atoms with E-state index in [9.17, 15) is 0 Å². The number of hydrogen-bond acceptors (Lipinski definition) is 1. The van der Waals surface area contributed by atoms with E-state index in [2.05, 4.69) is 93.6 Å². The summed E-state index contributed by atoms with van der Waals surface area (Å²) in [6, 6.07) is 26.9. The third-order valence-corrected chi connectivity index (χ3v) is 6.55. The summed E-state index contributed by atoms with van der Waals surface area (Å²) >= 11 is 0. The first kappa shape index (κ1) is 18.3. The Kier molecular flexibility index (Phi) is 4.01. The number of hydrogen-bond donors (Lipinski definition) is 0. The molecule has 31 heavy (non-hydrogen) atoms. The largest absolute Gasteiger partial charge is 0.256 e. The lowest BCUT2D eigenvalue weighted by atomic mass is 9.93. The van der Waals surface area contributed by atoms with Crippen molar-refractivity contribution in [1.82, 2.24) is 4.98 Å². The molecule has 0 N–H and O–H groups in total. The molecule has 150 valence electrons. The molecular formula is C30H25N. The number of rotatable bonds is 3. The maximum Gasteiger partial charge on any atom is 0.0780 e. The summed E-state index contributed by atoms with van der Waals surface area (Å²) < 4.78 is 0. The Morgan fingerprint density at radius 3 is 2.39 bits per heavy atom. The second-order valence-corrected chi connectivity index (χ2v) is 9.24. The zero-order valence-electron chi connectivity index (χ0n) is 18.2. The number of benzene rings is 4. The molecule has 0 bridgehead atoms. The van der Waals surface area contributed by atoms with Crippen LogP contribution in [0.5, 0.6) is 0 Å². The fourth-order valence-corrected chi connectivity index (χ4v) is 5.32. The molecule has 5 aromatic rings. The van der Waals surface area contributed by atoms with E-state index in [1.807, 2.05) is 6.20 Å². The molecule has 1 heterocycles. The van der Waals surface area contributed by atoms with Gasteiger partial charge in [-0.1, -0.05) is 68.4 Å². The van der Waals surface area contributed by atoms with Gasteiger partial charge in [0, 0.05) is 17.1 Å². The van der Waals surface area contributed by atoms with Gasteiger partial charge in [0.2, 0.25) is 0 Å². The first-order valence-corrected chi connectivity index (χ1v) is 11.2. The molecular weight excluding hydrogens is 374 g/mol. The number of aromatic nitrogens is 1. The molecule has 0 unspecified atom stereocenters. The number of fused-ring (bicyclic) bond motifs is 4. The molecule has 0 spiro atoms. The van der Waals surface area contributed by atoms with Crippen LogP contribution in [0.2, 0.25) is 0 Å². The van der Waals surface area contributed by atoms with E-state index < -0.39 is 0 Å². The summed E-state index contributed by atoms with van der Waals surface area (Å²) in [6.45, 7) is 6.78. The fraction of sp³-hybridized carbons (Fsp3) is 0.167. The van der Waals surface area contributed by atoms with E-state index in [-0.39, 0.29) is 0 Å². The first-order chi connectivity index (χ1) is 15.1. The summed E-state index contributed by atoms with van der Waals surface area (Å²) in [5, 5.41) is 5.19. The summed E-state index contributed by atoms with van der Waals surface area (Å²) in [5.74, 6) is 0.655. The highest BCUT2D eigenvalue weighted by atomic mass is 14.7.